The Morgan fingerprint density at radius 2 is 1.62 bits per heavy atom. The van der Waals surface area contributed by atoms with Gasteiger partial charge in [-0.25, -0.2) is 4.79 Å². The topological polar surface area (TPSA) is 65.7 Å². The molecule has 0 N–H and O–H groups in total. The third kappa shape index (κ3) is 3.96. The zero-order chi connectivity index (χ0) is 17.1. The molecule has 134 valence electrons. The normalized spacial score (nSPS) is 24.1. The minimum atomic E-state index is -0.285. The molecule has 2 atom stereocenters. The summed E-state index contributed by atoms with van der Waals surface area (Å²) in [6, 6.07) is 1.55. The largest absolute Gasteiger partial charge is 0.377 e. The Morgan fingerprint density at radius 3 is 2.12 bits per heavy atom. The number of ether oxygens (including phenoxy) is 2. The van der Waals surface area contributed by atoms with Crippen molar-refractivity contribution in [3.05, 3.63) is 32.6 Å². The van der Waals surface area contributed by atoms with Crippen LogP contribution in [0.2, 0.25) is 0 Å². The number of rotatable bonds is 6. The summed E-state index contributed by atoms with van der Waals surface area (Å²) in [4.78, 5) is 26.4. The molecule has 0 unspecified atom stereocenters. The van der Waals surface area contributed by atoms with E-state index >= 15 is 0 Å². The van der Waals surface area contributed by atoms with Gasteiger partial charge in [-0.15, -0.1) is 0 Å². The van der Waals surface area contributed by atoms with Crippen molar-refractivity contribution in [2.24, 2.45) is 14.1 Å². The van der Waals surface area contributed by atoms with Gasteiger partial charge in [-0.05, 0) is 25.7 Å². The van der Waals surface area contributed by atoms with E-state index in [9.17, 15) is 9.59 Å². The molecule has 0 radical (unpaired) electrons. The van der Waals surface area contributed by atoms with Crippen molar-refractivity contribution in [1.82, 2.24) is 14.0 Å². The predicted octanol–water partition coefficient (Wildman–Crippen LogP) is 0.244. The van der Waals surface area contributed by atoms with E-state index in [1.807, 2.05) is 0 Å². The maximum Gasteiger partial charge on any atom is 0.330 e. The van der Waals surface area contributed by atoms with Gasteiger partial charge in [0, 0.05) is 58.7 Å². The van der Waals surface area contributed by atoms with Crippen LogP contribution in [0.4, 0.5) is 0 Å². The highest BCUT2D eigenvalue weighted by Gasteiger charge is 2.24. The van der Waals surface area contributed by atoms with Gasteiger partial charge in [-0.2, -0.15) is 0 Å². The van der Waals surface area contributed by atoms with Crippen molar-refractivity contribution in [2.75, 3.05) is 26.3 Å². The molecule has 2 saturated heterocycles. The molecule has 3 heterocycles. The Hall–Kier alpha value is -1.44. The second-order valence-electron chi connectivity index (χ2n) is 6.84. The molecule has 0 amide bonds. The van der Waals surface area contributed by atoms with E-state index in [1.54, 1.807) is 17.7 Å². The summed E-state index contributed by atoms with van der Waals surface area (Å²) >= 11 is 0. The first-order valence-corrected chi connectivity index (χ1v) is 8.76. The van der Waals surface area contributed by atoms with Gasteiger partial charge < -0.3 is 9.47 Å². The van der Waals surface area contributed by atoms with E-state index in [-0.39, 0.29) is 23.5 Å². The van der Waals surface area contributed by atoms with Crippen LogP contribution in [0, 0.1) is 0 Å². The molecular formula is C17H27N3O4. The highest BCUT2D eigenvalue weighted by molar-refractivity contribution is 5.02. The van der Waals surface area contributed by atoms with Crippen LogP contribution in [0.1, 0.15) is 31.4 Å². The van der Waals surface area contributed by atoms with Gasteiger partial charge in [-0.3, -0.25) is 18.8 Å². The van der Waals surface area contributed by atoms with Crippen molar-refractivity contribution >= 4 is 0 Å². The minimum Gasteiger partial charge on any atom is -0.377 e. The molecular weight excluding hydrogens is 310 g/mol. The van der Waals surface area contributed by atoms with Crippen LogP contribution in [-0.4, -0.2) is 52.5 Å². The Labute approximate surface area is 141 Å². The number of aromatic nitrogens is 2. The third-order valence-electron chi connectivity index (χ3n) is 4.98. The molecule has 0 saturated carbocycles. The van der Waals surface area contributed by atoms with Gasteiger partial charge >= 0.3 is 5.69 Å². The van der Waals surface area contributed by atoms with Gasteiger partial charge in [0.2, 0.25) is 0 Å². The van der Waals surface area contributed by atoms with Crippen LogP contribution in [0.15, 0.2) is 15.7 Å². The van der Waals surface area contributed by atoms with Crippen LogP contribution < -0.4 is 11.2 Å². The quantitative estimate of drug-likeness (QED) is 0.744. The SMILES string of the molecule is Cn1c(CN(C[C@H]2CCCO2)C[C@H]2CCCO2)cc(=O)n(C)c1=O. The molecule has 0 spiro atoms. The highest BCUT2D eigenvalue weighted by atomic mass is 16.5. The fraction of sp³-hybridized carbons (Fsp3) is 0.765. The summed E-state index contributed by atoms with van der Waals surface area (Å²) in [5.41, 5.74) is 0.188. The second kappa shape index (κ2) is 7.63. The van der Waals surface area contributed by atoms with Gasteiger partial charge in [0.15, 0.2) is 0 Å². The Bertz CT molecular complexity index is 651. The van der Waals surface area contributed by atoms with Gasteiger partial charge in [-0.1, -0.05) is 0 Å². The summed E-state index contributed by atoms with van der Waals surface area (Å²) in [5, 5.41) is 0. The zero-order valence-corrected chi connectivity index (χ0v) is 14.6. The van der Waals surface area contributed by atoms with E-state index in [4.69, 9.17) is 9.47 Å². The number of hydrogen-bond donors (Lipinski definition) is 0. The number of hydrogen-bond acceptors (Lipinski definition) is 5. The fourth-order valence-electron chi connectivity index (χ4n) is 3.52. The maximum absolute atomic E-state index is 12.1. The van der Waals surface area contributed by atoms with Crippen molar-refractivity contribution < 1.29 is 9.47 Å². The smallest absolute Gasteiger partial charge is 0.330 e. The molecule has 2 aliphatic rings. The van der Waals surface area contributed by atoms with Gasteiger partial charge in [0.05, 0.1) is 12.2 Å². The molecule has 0 aliphatic carbocycles. The van der Waals surface area contributed by atoms with Crippen LogP contribution in [-0.2, 0) is 30.1 Å². The highest BCUT2D eigenvalue weighted by Crippen LogP contribution is 2.18. The first-order valence-electron chi connectivity index (χ1n) is 8.76. The van der Waals surface area contributed by atoms with E-state index in [1.165, 1.54) is 7.05 Å². The summed E-state index contributed by atoms with van der Waals surface area (Å²) in [6.07, 6.45) is 4.80. The molecule has 24 heavy (non-hydrogen) atoms. The molecule has 1 aromatic heterocycles. The zero-order valence-electron chi connectivity index (χ0n) is 14.6. The maximum atomic E-state index is 12.1. The Balaban J connectivity index is 1.77. The van der Waals surface area contributed by atoms with Crippen LogP contribution in [0.3, 0.4) is 0 Å². The standard InChI is InChI=1S/C17H27N3O4/c1-18-13(9-16(21)19(2)17(18)22)10-20(11-14-5-3-7-23-14)12-15-6-4-8-24-15/h9,14-15H,3-8,10-12H2,1-2H3/t14-,15-/m1/s1. The first kappa shape index (κ1) is 17.4. The molecule has 7 nitrogen and oxygen atoms in total. The van der Waals surface area contributed by atoms with Crippen LogP contribution in [0.25, 0.3) is 0 Å². The molecule has 1 aromatic rings. The van der Waals surface area contributed by atoms with Gasteiger partial charge in [0.25, 0.3) is 5.56 Å². The Morgan fingerprint density at radius 1 is 1.04 bits per heavy atom. The molecule has 7 heteroatoms. The lowest BCUT2D eigenvalue weighted by Crippen LogP contribution is -2.42. The van der Waals surface area contributed by atoms with Crippen molar-refractivity contribution in [2.45, 2.75) is 44.4 Å². The van der Waals surface area contributed by atoms with Crippen molar-refractivity contribution in [1.29, 1.82) is 0 Å². The minimum absolute atomic E-state index is 0.231. The summed E-state index contributed by atoms with van der Waals surface area (Å²) in [7, 11) is 3.22. The summed E-state index contributed by atoms with van der Waals surface area (Å²) in [5.74, 6) is 0. The van der Waals surface area contributed by atoms with E-state index in [0.717, 1.165) is 62.2 Å². The number of nitrogens with zero attached hydrogens (tertiary/aromatic N) is 3. The van der Waals surface area contributed by atoms with Crippen molar-refractivity contribution in [3.63, 3.8) is 0 Å². The van der Waals surface area contributed by atoms with Crippen molar-refractivity contribution in [3.8, 4) is 0 Å². The fourth-order valence-corrected chi connectivity index (χ4v) is 3.52. The predicted molar refractivity (Wildman–Crippen MR) is 90.1 cm³/mol. The summed E-state index contributed by atoms with van der Waals surface area (Å²) in [6.45, 7) is 3.82. The monoisotopic (exact) mass is 337 g/mol. The lowest BCUT2D eigenvalue weighted by Gasteiger charge is -2.28. The molecule has 2 fully saturated rings. The lowest BCUT2D eigenvalue weighted by molar-refractivity contribution is 0.0336. The average molecular weight is 337 g/mol. The molecule has 0 bridgehead atoms. The second-order valence-corrected chi connectivity index (χ2v) is 6.84. The molecule has 2 aliphatic heterocycles. The van der Waals surface area contributed by atoms with Crippen LogP contribution in [0.5, 0.6) is 0 Å². The van der Waals surface area contributed by atoms with Crippen LogP contribution >= 0.6 is 0 Å². The lowest BCUT2D eigenvalue weighted by atomic mass is 10.2. The summed E-state index contributed by atoms with van der Waals surface area (Å²) < 4.78 is 14.2. The Kier molecular flexibility index (Phi) is 5.53. The first-order chi connectivity index (χ1) is 11.5. The third-order valence-corrected chi connectivity index (χ3v) is 4.98. The molecule has 0 aromatic carbocycles. The molecule has 3 rings (SSSR count). The average Bonchev–Trinajstić information content (AvgIpc) is 3.24. The van der Waals surface area contributed by atoms with E-state index < -0.39 is 0 Å². The van der Waals surface area contributed by atoms with Gasteiger partial charge in [0.1, 0.15) is 0 Å². The van der Waals surface area contributed by atoms with E-state index in [0.29, 0.717) is 6.54 Å². The van der Waals surface area contributed by atoms with E-state index in [2.05, 4.69) is 4.90 Å².